The molecule has 2 rings (SSSR count). The van der Waals surface area contributed by atoms with Gasteiger partial charge in [0.1, 0.15) is 0 Å². The lowest BCUT2D eigenvalue weighted by molar-refractivity contribution is -0.124. The lowest BCUT2D eigenvalue weighted by atomic mass is 10.0. The molecule has 1 amide bonds. The Hall–Kier alpha value is -0.0300. The highest BCUT2D eigenvalue weighted by atomic mass is 35.5. The van der Waals surface area contributed by atoms with Gasteiger partial charge in [-0.3, -0.25) is 4.79 Å². The van der Waals surface area contributed by atoms with Crippen molar-refractivity contribution in [2.75, 3.05) is 13.1 Å². The summed E-state index contributed by atoms with van der Waals surface area (Å²) in [6.07, 6.45) is 4.89. The molecule has 1 saturated heterocycles. The normalized spacial score (nSPS) is 22.3. The Morgan fingerprint density at radius 1 is 1.16 bits per heavy atom. The summed E-state index contributed by atoms with van der Waals surface area (Å²) in [5.74, 6) is 0.228. The van der Waals surface area contributed by atoms with Gasteiger partial charge in [0.2, 0.25) is 5.91 Å². The molecule has 0 unspecified atom stereocenters. The Morgan fingerprint density at radius 3 is 2.11 bits per heavy atom. The maximum atomic E-state index is 11.8. The Labute approximate surface area is 128 Å². The smallest absolute Gasteiger partial charge is 0.237 e. The van der Waals surface area contributed by atoms with Gasteiger partial charge in [-0.15, -0.1) is 24.8 Å². The lowest BCUT2D eigenvalue weighted by Crippen LogP contribution is -2.51. The van der Waals surface area contributed by atoms with E-state index in [1.807, 2.05) is 13.8 Å². The first-order valence-electron chi connectivity index (χ1n) is 6.88. The van der Waals surface area contributed by atoms with Crippen LogP contribution in [0.1, 0.15) is 39.5 Å². The SMILES string of the molecule is CC(C)[C@@H](N)C(=O)NC1CCN(C2CC2)CC1.Cl.Cl. The number of rotatable bonds is 4. The standard InChI is InChI=1S/C13H25N3O.2ClH/c1-9(2)12(14)13(17)15-10-5-7-16(8-6-10)11-3-4-11;;/h9-12H,3-8,14H2,1-2H3,(H,15,17);2*1H/t12-;;/m1../s1. The third-order valence-corrected chi connectivity index (χ3v) is 3.96. The second kappa shape index (κ2) is 8.30. The molecular weight excluding hydrogens is 285 g/mol. The van der Waals surface area contributed by atoms with E-state index < -0.39 is 0 Å². The number of hydrogen-bond acceptors (Lipinski definition) is 3. The van der Waals surface area contributed by atoms with E-state index in [2.05, 4.69) is 10.2 Å². The van der Waals surface area contributed by atoms with Gasteiger partial charge in [-0.2, -0.15) is 0 Å². The van der Waals surface area contributed by atoms with Gasteiger partial charge in [0.15, 0.2) is 0 Å². The molecule has 6 heteroatoms. The quantitative estimate of drug-likeness (QED) is 0.828. The van der Waals surface area contributed by atoms with E-state index in [4.69, 9.17) is 5.73 Å². The van der Waals surface area contributed by atoms with Crippen LogP contribution in [-0.2, 0) is 4.79 Å². The van der Waals surface area contributed by atoms with Crippen LogP contribution in [0.3, 0.4) is 0 Å². The Kier molecular flexibility index (Phi) is 8.29. The summed E-state index contributed by atoms with van der Waals surface area (Å²) in [6.45, 7) is 6.24. The van der Waals surface area contributed by atoms with Crippen LogP contribution in [0.15, 0.2) is 0 Å². The van der Waals surface area contributed by atoms with E-state index in [1.165, 1.54) is 12.8 Å². The van der Waals surface area contributed by atoms with E-state index >= 15 is 0 Å². The van der Waals surface area contributed by atoms with Gasteiger partial charge in [0, 0.05) is 25.2 Å². The largest absolute Gasteiger partial charge is 0.352 e. The third-order valence-electron chi connectivity index (χ3n) is 3.96. The highest BCUT2D eigenvalue weighted by molar-refractivity contribution is 5.85. The van der Waals surface area contributed by atoms with Crippen LogP contribution in [-0.4, -0.2) is 42.0 Å². The number of carbonyl (C=O) groups excluding carboxylic acids is 1. The Morgan fingerprint density at radius 2 is 1.68 bits per heavy atom. The summed E-state index contributed by atoms with van der Waals surface area (Å²) in [6, 6.07) is 0.823. The van der Waals surface area contributed by atoms with Crippen molar-refractivity contribution in [1.82, 2.24) is 10.2 Å². The molecule has 2 fully saturated rings. The van der Waals surface area contributed by atoms with Gasteiger partial charge in [0.05, 0.1) is 6.04 Å². The summed E-state index contributed by atoms with van der Waals surface area (Å²) in [7, 11) is 0. The fourth-order valence-corrected chi connectivity index (χ4v) is 2.45. The van der Waals surface area contributed by atoms with Gasteiger partial charge in [-0.25, -0.2) is 0 Å². The van der Waals surface area contributed by atoms with Gasteiger partial charge in [-0.1, -0.05) is 13.8 Å². The van der Waals surface area contributed by atoms with E-state index in [-0.39, 0.29) is 42.7 Å². The van der Waals surface area contributed by atoms with Crippen LogP contribution in [0.2, 0.25) is 0 Å². The van der Waals surface area contributed by atoms with Crippen molar-refractivity contribution in [3.8, 4) is 0 Å². The molecule has 1 aliphatic heterocycles. The second-order valence-corrected chi connectivity index (χ2v) is 5.82. The average molecular weight is 312 g/mol. The van der Waals surface area contributed by atoms with Gasteiger partial charge in [0.25, 0.3) is 0 Å². The molecule has 3 N–H and O–H groups in total. The number of nitrogens with zero attached hydrogens (tertiary/aromatic N) is 1. The minimum atomic E-state index is -0.364. The van der Waals surface area contributed by atoms with Crippen molar-refractivity contribution >= 4 is 30.7 Å². The number of likely N-dealkylation sites (tertiary alicyclic amines) is 1. The molecule has 1 saturated carbocycles. The Balaban J connectivity index is 0.00000162. The molecule has 2 aliphatic rings. The number of nitrogens with two attached hydrogens (primary N) is 1. The first-order chi connectivity index (χ1) is 8.08. The molecule has 0 bridgehead atoms. The minimum absolute atomic E-state index is 0. The number of nitrogens with one attached hydrogen (secondary N) is 1. The zero-order chi connectivity index (χ0) is 12.4. The van der Waals surface area contributed by atoms with Crippen LogP contribution in [0, 0.1) is 5.92 Å². The van der Waals surface area contributed by atoms with Crippen molar-refractivity contribution in [3.05, 3.63) is 0 Å². The Bertz CT molecular complexity index is 277. The van der Waals surface area contributed by atoms with Crippen LogP contribution in [0.4, 0.5) is 0 Å². The van der Waals surface area contributed by atoms with E-state index in [9.17, 15) is 4.79 Å². The van der Waals surface area contributed by atoms with Crippen molar-refractivity contribution < 1.29 is 4.79 Å². The second-order valence-electron chi connectivity index (χ2n) is 5.82. The van der Waals surface area contributed by atoms with Crippen molar-refractivity contribution in [3.63, 3.8) is 0 Å². The average Bonchev–Trinajstić information content (AvgIpc) is 3.12. The molecule has 0 radical (unpaired) electrons. The molecule has 0 aromatic rings. The van der Waals surface area contributed by atoms with Crippen molar-refractivity contribution in [2.45, 2.75) is 57.7 Å². The first-order valence-corrected chi connectivity index (χ1v) is 6.88. The molecule has 1 atom stereocenters. The first kappa shape index (κ1) is 19.0. The summed E-state index contributed by atoms with van der Waals surface area (Å²) in [5, 5.41) is 3.09. The van der Waals surface area contributed by atoms with Crippen LogP contribution in [0.5, 0.6) is 0 Å². The molecule has 1 heterocycles. The zero-order valence-corrected chi connectivity index (χ0v) is 13.4. The molecule has 19 heavy (non-hydrogen) atoms. The maximum absolute atomic E-state index is 11.8. The number of hydrogen-bond donors (Lipinski definition) is 2. The molecule has 0 spiro atoms. The summed E-state index contributed by atoms with van der Waals surface area (Å²) in [5.41, 5.74) is 5.84. The van der Waals surface area contributed by atoms with Gasteiger partial charge >= 0.3 is 0 Å². The minimum Gasteiger partial charge on any atom is -0.352 e. The number of amides is 1. The topological polar surface area (TPSA) is 58.4 Å². The highest BCUT2D eigenvalue weighted by Gasteiger charge is 2.32. The molecule has 0 aromatic heterocycles. The maximum Gasteiger partial charge on any atom is 0.237 e. The van der Waals surface area contributed by atoms with Gasteiger partial charge < -0.3 is 16.0 Å². The van der Waals surface area contributed by atoms with Crippen LogP contribution < -0.4 is 11.1 Å². The zero-order valence-electron chi connectivity index (χ0n) is 11.8. The predicted octanol–water partition coefficient (Wildman–Crippen LogP) is 1.56. The third kappa shape index (κ3) is 5.46. The monoisotopic (exact) mass is 311 g/mol. The molecule has 4 nitrogen and oxygen atoms in total. The van der Waals surface area contributed by atoms with Crippen molar-refractivity contribution in [1.29, 1.82) is 0 Å². The molecule has 114 valence electrons. The summed E-state index contributed by atoms with van der Waals surface area (Å²) in [4.78, 5) is 14.4. The summed E-state index contributed by atoms with van der Waals surface area (Å²) >= 11 is 0. The highest BCUT2D eigenvalue weighted by Crippen LogP contribution is 2.29. The fraction of sp³-hybridized carbons (Fsp3) is 0.923. The number of piperidine rings is 1. The number of halogens is 2. The van der Waals surface area contributed by atoms with Gasteiger partial charge in [-0.05, 0) is 31.6 Å². The van der Waals surface area contributed by atoms with Crippen LogP contribution >= 0.6 is 24.8 Å². The summed E-state index contributed by atoms with van der Waals surface area (Å²) < 4.78 is 0. The van der Waals surface area contributed by atoms with Crippen LogP contribution in [0.25, 0.3) is 0 Å². The van der Waals surface area contributed by atoms with E-state index in [1.54, 1.807) is 0 Å². The number of carbonyl (C=O) groups is 1. The molecule has 0 aromatic carbocycles. The van der Waals surface area contributed by atoms with Crippen molar-refractivity contribution in [2.24, 2.45) is 11.7 Å². The lowest BCUT2D eigenvalue weighted by Gasteiger charge is -2.33. The molecular formula is C13H27Cl2N3O. The predicted molar refractivity (Wildman–Crippen MR) is 83.1 cm³/mol. The van der Waals surface area contributed by atoms with E-state index in [0.717, 1.165) is 32.0 Å². The van der Waals surface area contributed by atoms with E-state index in [0.29, 0.717) is 6.04 Å². The fourth-order valence-electron chi connectivity index (χ4n) is 2.45. The molecule has 1 aliphatic carbocycles.